The smallest absolute Gasteiger partial charge is 0.293 e. The quantitative estimate of drug-likeness (QED) is 0.563. The van der Waals surface area contributed by atoms with Crippen molar-refractivity contribution >= 4 is 11.6 Å². The van der Waals surface area contributed by atoms with Crippen LogP contribution >= 0.6 is 0 Å². The Hall–Kier alpha value is -1.72. The van der Waals surface area contributed by atoms with Gasteiger partial charge in [0.25, 0.3) is 0 Å². The van der Waals surface area contributed by atoms with Crippen LogP contribution in [0.15, 0.2) is 18.2 Å². The number of ketones is 2. The van der Waals surface area contributed by atoms with Crippen molar-refractivity contribution in [2.24, 2.45) is 5.92 Å². The third-order valence-electron chi connectivity index (χ3n) is 2.67. The molecule has 0 saturated heterocycles. The second-order valence-electron chi connectivity index (χ2n) is 3.78. The number of carbonyl (C=O) groups excluding carboxylic acids is 2. The SMILES string of the molecule is O=C1c2ccc(F)cc2CC1C(=O)C(F)(F)F. The molecule has 17 heavy (non-hydrogen) atoms. The summed E-state index contributed by atoms with van der Waals surface area (Å²) < 4.78 is 49.4. The molecular weight excluding hydrogens is 240 g/mol. The molecule has 0 N–H and O–H groups in total. The summed E-state index contributed by atoms with van der Waals surface area (Å²) in [6.07, 6.45) is -5.43. The molecule has 6 heteroatoms. The van der Waals surface area contributed by atoms with Crippen molar-refractivity contribution in [3.8, 4) is 0 Å². The summed E-state index contributed by atoms with van der Waals surface area (Å²) in [5.41, 5.74) is 0.145. The molecule has 0 aliphatic heterocycles. The van der Waals surface area contributed by atoms with Crippen LogP contribution in [0.5, 0.6) is 0 Å². The zero-order chi connectivity index (χ0) is 12.8. The maximum absolute atomic E-state index is 12.8. The van der Waals surface area contributed by atoms with E-state index in [-0.39, 0.29) is 17.5 Å². The van der Waals surface area contributed by atoms with E-state index in [1.807, 2.05) is 0 Å². The van der Waals surface area contributed by atoms with Crippen molar-refractivity contribution in [1.29, 1.82) is 0 Å². The summed E-state index contributed by atoms with van der Waals surface area (Å²) in [5, 5.41) is 0. The predicted octanol–water partition coefficient (Wildman–Crippen LogP) is 2.31. The molecule has 0 spiro atoms. The van der Waals surface area contributed by atoms with Gasteiger partial charge >= 0.3 is 6.18 Å². The number of halogens is 4. The number of Topliss-reactive ketones (excluding diaryl/α,β-unsaturated/α-hetero) is 2. The van der Waals surface area contributed by atoms with Gasteiger partial charge in [0.05, 0.1) is 5.92 Å². The van der Waals surface area contributed by atoms with Crippen LogP contribution in [0.1, 0.15) is 15.9 Å². The first-order chi connectivity index (χ1) is 7.80. The van der Waals surface area contributed by atoms with Crippen LogP contribution in [-0.4, -0.2) is 17.7 Å². The average molecular weight is 246 g/mol. The van der Waals surface area contributed by atoms with Crippen LogP contribution < -0.4 is 0 Å². The maximum atomic E-state index is 12.8. The van der Waals surface area contributed by atoms with Gasteiger partial charge in [-0.25, -0.2) is 4.39 Å². The summed E-state index contributed by atoms with van der Waals surface area (Å²) in [4.78, 5) is 22.5. The maximum Gasteiger partial charge on any atom is 0.450 e. The molecule has 1 aliphatic carbocycles. The molecule has 1 aliphatic rings. The fraction of sp³-hybridized carbons (Fsp3) is 0.273. The third kappa shape index (κ3) is 1.94. The summed E-state index contributed by atoms with van der Waals surface area (Å²) in [6.45, 7) is 0. The van der Waals surface area contributed by atoms with Gasteiger partial charge in [-0.2, -0.15) is 13.2 Å². The van der Waals surface area contributed by atoms with Crippen LogP contribution in [0.4, 0.5) is 17.6 Å². The minimum Gasteiger partial charge on any atom is -0.293 e. The Morgan fingerprint density at radius 2 is 1.94 bits per heavy atom. The van der Waals surface area contributed by atoms with E-state index < -0.39 is 29.5 Å². The van der Waals surface area contributed by atoms with E-state index in [2.05, 4.69) is 0 Å². The normalized spacial score (nSPS) is 19.3. The van der Waals surface area contributed by atoms with Crippen molar-refractivity contribution in [2.45, 2.75) is 12.6 Å². The number of rotatable bonds is 1. The van der Waals surface area contributed by atoms with E-state index in [0.29, 0.717) is 0 Å². The molecule has 0 fully saturated rings. The Kier molecular flexibility index (Phi) is 2.52. The lowest BCUT2D eigenvalue weighted by atomic mass is 9.99. The lowest BCUT2D eigenvalue weighted by Gasteiger charge is -2.09. The molecule has 0 saturated carbocycles. The van der Waals surface area contributed by atoms with Gasteiger partial charge in [0, 0.05) is 5.56 Å². The number of hydrogen-bond acceptors (Lipinski definition) is 2. The molecule has 1 unspecified atom stereocenters. The van der Waals surface area contributed by atoms with Crippen molar-refractivity contribution in [1.82, 2.24) is 0 Å². The van der Waals surface area contributed by atoms with Crippen molar-refractivity contribution in [2.75, 3.05) is 0 Å². The van der Waals surface area contributed by atoms with Crippen LogP contribution in [-0.2, 0) is 11.2 Å². The van der Waals surface area contributed by atoms with Gasteiger partial charge in [-0.05, 0) is 30.2 Å². The van der Waals surface area contributed by atoms with Gasteiger partial charge in [0.1, 0.15) is 5.82 Å². The average Bonchev–Trinajstić information content (AvgIpc) is 2.53. The van der Waals surface area contributed by atoms with Gasteiger partial charge in [0.15, 0.2) is 5.78 Å². The highest BCUT2D eigenvalue weighted by Crippen LogP contribution is 2.32. The molecule has 2 nitrogen and oxygen atoms in total. The Morgan fingerprint density at radius 1 is 1.29 bits per heavy atom. The first-order valence-electron chi connectivity index (χ1n) is 4.74. The highest BCUT2D eigenvalue weighted by Gasteiger charge is 2.48. The van der Waals surface area contributed by atoms with Crippen molar-refractivity contribution in [3.63, 3.8) is 0 Å². The molecule has 1 atom stereocenters. The van der Waals surface area contributed by atoms with Crippen molar-refractivity contribution < 1.29 is 27.2 Å². The Labute approximate surface area is 93.2 Å². The van der Waals surface area contributed by atoms with E-state index in [1.54, 1.807) is 0 Å². The molecule has 2 rings (SSSR count). The van der Waals surface area contributed by atoms with E-state index in [0.717, 1.165) is 18.2 Å². The second kappa shape index (κ2) is 3.65. The fourth-order valence-corrected chi connectivity index (χ4v) is 1.88. The zero-order valence-electron chi connectivity index (χ0n) is 8.34. The number of alkyl halides is 3. The van der Waals surface area contributed by atoms with Crippen LogP contribution in [0.3, 0.4) is 0 Å². The number of carbonyl (C=O) groups is 2. The molecule has 0 heterocycles. The summed E-state index contributed by atoms with van der Waals surface area (Å²) in [7, 11) is 0. The summed E-state index contributed by atoms with van der Waals surface area (Å²) in [5.74, 6) is -5.36. The Bertz CT molecular complexity index is 505. The highest BCUT2D eigenvalue weighted by atomic mass is 19.4. The van der Waals surface area contributed by atoms with Crippen LogP contribution in [0.25, 0.3) is 0 Å². The minimum atomic E-state index is -5.04. The minimum absolute atomic E-state index is 0.00556. The van der Waals surface area contributed by atoms with Crippen LogP contribution in [0.2, 0.25) is 0 Å². The number of fused-ring (bicyclic) bond motifs is 1. The largest absolute Gasteiger partial charge is 0.450 e. The fourth-order valence-electron chi connectivity index (χ4n) is 1.88. The lowest BCUT2D eigenvalue weighted by molar-refractivity contribution is -0.173. The van der Waals surface area contributed by atoms with E-state index >= 15 is 0 Å². The molecule has 90 valence electrons. The van der Waals surface area contributed by atoms with Gasteiger partial charge in [-0.15, -0.1) is 0 Å². The highest BCUT2D eigenvalue weighted by molar-refractivity contribution is 6.15. The topological polar surface area (TPSA) is 34.1 Å². The summed E-state index contributed by atoms with van der Waals surface area (Å²) >= 11 is 0. The van der Waals surface area contributed by atoms with Gasteiger partial charge < -0.3 is 0 Å². The second-order valence-corrected chi connectivity index (χ2v) is 3.78. The van der Waals surface area contributed by atoms with Crippen molar-refractivity contribution in [3.05, 3.63) is 35.1 Å². The van der Waals surface area contributed by atoms with Gasteiger partial charge in [-0.1, -0.05) is 0 Å². The monoisotopic (exact) mass is 246 g/mol. The lowest BCUT2D eigenvalue weighted by Crippen LogP contribution is -2.33. The molecule has 0 amide bonds. The Morgan fingerprint density at radius 3 is 2.53 bits per heavy atom. The van der Waals surface area contributed by atoms with E-state index in [1.165, 1.54) is 0 Å². The molecule has 1 aromatic carbocycles. The van der Waals surface area contributed by atoms with Gasteiger partial charge in [-0.3, -0.25) is 9.59 Å². The third-order valence-corrected chi connectivity index (χ3v) is 2.67. The van der Waals surface area contributed by atoms with Gasteiger partial charge in [0.2, 0.25) is 5.78 Å². The van der Waals surface area contributed by atoms with E-state index in [9.17, 15) is 27.2 Å². The molecule has 0 aromatic heterocycles. The van der Waals surface area contributed by atoms with Crippen LogP contribution in [0, 0.1) is 11.7 Å². The Balaban J connectivity index is 2.35. The first kappa shape index (κ1) is 11.8. The van der Waals surface area contributed by atoms with E-state index in [4.69, 9.17) is 0 Å². The zero-order valence-corrected chi connectivity index (χ0v) is 8.34. The molecular formula is C11H6F4O2. The summed E-state index contributed by atoms with van der Waals surface area (Å²) in [6, 6.07) is 3.07. The number of hydrogen-bond donors (Lipinski definition) is 0. The standard InChI is InChI=1S/C11H6F4O2/c12-6-1-2-7-5(3-6)4-8(9(7)16)10(17)11(13,14)15/h1-3,8H,4H2. The molecule has 0 radical (unpaired) electrons. The number of benzene rings is 1. The first-order valence-corrected chi connectivity index (χ1v) is 4.74. The molecule has 1 aromatic rings. The molecule has 0 bridgehead atoms. The predicted molar refractivity (Wildman–Crippen MR) is 49.0 cm³/mol.